The van der Waals surface area contributed by atoms with Gasteiger partial charge in [0.15, 0.2) is 0 Å². The van der Waals surface area contributed by atoms with E-state index in [0.717, 1.165) is 11.1 Å². The monoisotopic (exact) mass is 274 g/mol. The van der Waals surface area contributed by atoms with Gasteiger partial charge in [0.05, 0.1) is 17.3 Å². The summed E-state index contributed by atoms with van der Waals surface area (Å²) < 4.78 is 0. The fraction of sp³-hybridized carbons (Fsp3) is 0. The molecule has 0 spiro atoms. The van der Waals surface area contributed by atoms with Gasteiger partial charge in [-0.1, -0.05) is 0 Å². The minimum absolute atomic E-state index is 0.320. The summed E-state index contributed by atoms with van der Waals surface area (Å²) in [6, 6.07) is 14.0. The lowest BCUT2D eigenvalue weighted by atomic mass is 10.1. The molecule has 0 fully saturated rings. The maximum atomic E-state index is 11.8. The molecular formula is C16H10N4O. The first-order valence-electron chi connectivity index (χ1n) is 6.28. The van der Waals surface area contributed by atoms with Crippen molar-refractivity contribution in [1.82, 2.24) is 15.0 Å². The average molecular weight is 274 g/mol. The highest BCUT2D eigenvalue weighted by Crippen LogP contribution is 2.19. The molecule has 1 aromatic carbocycles. The van der Waals surface area contributed by atoms with Crippen LogP contribution in [0.5, 0.6) is 0 Å². The molecule has 0 aliphatic rings. The molecule has 21 heavy (non-hydrogen) atoms. The van der Waals surface area contributed by atoms with Crippen LogP contribution in [0.2, 0.25) is 0 Å². The summed E-state index contributed by atoms with van der Waals surface area (Å²) in [5.41, 5.74) is 2.53. The minimum Gasteiger partial charge on any atom is -0.339 e. The predicted molar refractivity (Wildman–Crippen MR) is 78.2 cm³/mol. The molecule has 1 N–H and O–H groups in total. The highest BCUT2D eigenvalue weighted by molar-refractivity contribution is 5.63. The van der Waals surface area contributed by atoms with Crippen molar-refractivity contribution in [3.8, 4) is 28.7 Å². The summed E-state index contributed by atoms with van der Waals surface area (Å²) in [7, 11) is 0. The second kappa shape index (κ2) is 5.39. The molecule has 0 unspecified atom stereocenters. The number of rotatable bonds is 2. The van der Waals surface area contributed by atoms with Gasteiger partial charge in [-0.3, -0.25) is 9.78 Å². The van der Waals surface area contributed by atoms with Gasteiger partial charge in [0.2, 0.25) is 0 Å². The molecule has 3 rings (SSSR count). The van der Waals surface area contributed by atoms with Crippen LogP contribution < -0.4 is 5.56 Å². The second-order valence-corrected chi connectivity index (χ2v) is 4.41. The third-order valence-electron chi connectivity index (χ3n) is 3.02. The van der Waals surface area contributed by atoms with Crippen LogP contribution >= 0.6 is 0 Å². The van der Waals surface area contributed by atoms with Gasteiger partial charge < -0.3 is 4.98 Å². The van der Waals surface area contributed by atoms with Gasteiger partial charge in [0.1, 0.15) is 5.82 Å². The number of pyridine rings is 1. The number of nitrogens with zero attached hydrogens (tertiary/aromatic N) is 3. The van der Waals surface area contributed by atoms with Crippen molar-refractivity contribution in [3.63, 3.8) is 0 Å². The van der Waals surface area contributed by atoms with E-state index < -0.39 is 0 Å². The Bertz CT molecular complexity index is 861. The number of aromatic amines is 1. The summed E-state index contributed by atoms with van der Waals surface area (Å²) in [5.74, 6) is 0.471. The zero-order chi connectivity index (χ0) is 14.7. The third kappa shape index (κ3) is 2.69. The average Bonchev–Trinajstić information content (AvgIpc) is 2.55. The number of hydrogen-bond donors (Lipinski definition) is 1. The lowest BCUT2D eigenvalue weighted by molar-refractivity contribution is 1.13. The number of benzene rings is 1. The summed E-state index contributed by atoms with van der Waals surface area (Å²) in [5, 5.41) is 8.81. The SMILES string of the molecule is N#Cc1ccc(-c2nc(=O)cc(-c3ccncc3)[nH]2)cc1. The zero-order valence-electron chi connectivity index (χ0n) is 10.9. The van der Waals surface area contributed by atoms with Crippen molar-refractivity contribution in [2.75, 3.05) is 0 Å². The van der Waals surface area contributed by atoms with Crippen molar-refractivity contribution < 1.29 is 0 Å². The molecule has 2 heterocycles. The molecule has 5 nitrogen and oxygen atoms in total. The Balaban J connectivity index is 2.10. The van der Waals surface area contributed by atoms with Crippen LogP contribution in [0, 0.1) is 11.3 Å². The van der Waals surface area contributed by atoms with Crippen LogP contribution in [0.3, 0.4) is 0 Å². The molecule has 0 radical (unpaired) electrons. The Hall–Kier alpha value is -3.26. The van der Waals surface area contributed by atoms with E-state index in [1.807, 2.05) is 12.1 Å². The van der Waals surface area contributed by atoms with E-state index in [1.165, 1.54) is 6.07 Å². The normalized spacial score (nSPS) is 10.0. The Kier molecular flexibility index (Phi) is 3.27. The number of H-pyrrole nitrogens is 1. The number of aromatic nitrogens is 3. The fourth-order valence-corrected chi connectivity index (χ4v) is 1.98. The molecule has 0 aliphatic carbocycles. The van der Waals surface area contributed by atoms with E-state index in [2.05, 4.69) is 21.0 Å². The maximum Gasteiger partial charge on any atom is 0.273 e. The summed E-state index contributed by atoms with van der Waals surface area (Å²) in [6.45, 7) is 0. The predicted octanol–water partition coefficient (Wildman–Crippen LogP) is 2.37. The Labute approximate surface area is 120 Å². The quantitative estimate of drug-likeness (QED) is 0.777. The van der Waals surface area contributed by atoms with Crippen molar-refractivity contribution in [3.05, 3.63) is 70.8 Å². The van der Waals surface area contributed by atoms with Crippen LogP contribution in [-0.2, 0) is 0 Å². The van der Waals surface area contributed by atoms with Crippen LogP contribution in [-0.4, -0.2) is 15.0 Å². The lowest BCUT2D eigenvalue weighted by Gasteiger charge is -2.05. The summed E-state index contributed by atoms with van der Waals surface area (Å²) in [4.78, 5) is 22.8. The maximum absolute atomic E-state index is 11.8. The van der Waals surface area contributed by atoms with E-state index >= 15 is 0 Å². The zero-order valence-corrected chi connectivity index (χ0v) is 10.9. The van der Waals surface area contributed by atoms with Gasteiger partial charge in [-0.2, -0.15) is 10.2 Å². The van der Waals surface area contributed by atoms with Gasteiger partial charge >= 0.3 is 0 Å². The van der Waals surface area contributed by atoms with Gasteiger partial charge in [-0.15, -0.1) is 0 Å². The Morgan fingerprint density at radius 1 is 1.00 bits per heavy atom. The third-order valence-corrected chi connectivity index (χ3v) is 3.02. The first-order chi connectivity index (χ1) is 10.3. The first kappa shape index (κ1) is 12.8. The molecule has 0 saturated heterocycles. The van der Waals surface area contributed by atoms with Crippen LogP contribution in [0.4, 0.5) is 0 Å². The van der Waals surface area contributed by atoms with Gasteiger partial charge in [0.25, 0.3) is 5.56 Å². The van der Waals surface area contributed by atoms with E-state index in [4.69, 9.17) is 5.26 Å². The Morgan fingerprint density at radius 3 is 2.38 bits per heavy atom. The summed E-state index contributed by atoms with van der Waals surface area (Å²) in [6.07, 6.45) is 3.32. The largest absolute Gasteiger partial charge is 0.339 e. The van der Waals surface area contributed by atoms with E-state index in [-0.39, 0.29) is 5.56 Å². The highest BCUT2D eigenvalue weighted by Gasteiger charge is 2.05. The van der Waals surface area contributed by atoms with E-state index in [1.54, 1.807) is 36.7 Å². The molecule has 2 aromatic heterocycles. The second-order valence-electron chi connectivity index (χ2n) is 4.41. The smallest absolute Gasteiger partial charge is 0.273 e. The topological polar surface area (TPSA) is 82.4 Å². The van der Waals surface area contributed by atoms with Crippen LogP contribution in [0.25, 0.3) is 22.6 Å². The van der Waals surface area contributed by atoms with E-state index in [9.17, 15) is 4.79 Å². The van der Waals surface area contributed by atoms with Crippen molar-refractivity contribution in [1.29, 1.82) is 5.26 Å². The van der Waals surface area contributed by atoms with Gasteiger partial charge in [-0.05, 0) is 36.4 Å². The van der Waals surface area contributed by atoms with Crippen molar-refractivity contribution in [2.24, 2.45) is 0 Å². The molecule has 3 aromatic rings. The molecular weight excluding hydrogens is 264 g/mol. The standard InChI is InChI=1S/C16H10N4O/c17-10-11-1-3-13(4-2-11)16-19-14(9-15(21)20-16)12-5-7-18-8-6-12/h1-9H,(H,19,20,21). The summed E-state index contributed by atoms with van der Waals surface area (Å²) >= 11 is 0. The molecule has 5 heteroatoms. The molecule has 0 atom stereocenters. The van der Waals surface area contributed by atoms with Crippen molar-refractivity contribution >= 4 is 0 Å². The van der Waals surface area contributed by atoms with E-state index in [0.29, 0.717) is 17.1 Å². The number of hydrogen-bond acceptors (Lipinski definition) is 4. The minimum atomic E-state index is -0.320. The lowest BCUT2D eigenvalue weighted by Crippen LogP contribution is -2.08. The molecule has 0 amide bonds. The van der Waals surface area contributed by atoms with Crippen molar-refractivity contribution in [2.45, 2.75) is 0 Å². The highest BCUT2D eigenvalue weighted by atomic mass is 16.1. The molecule has 0 aliphatic heterocycles. The molecule has 0 bridgehead atoms. The number of nitriles is 1. The van der Waals surface area contributed by atoms with Gasteiger partial charge in [-0.25, -0.2) is 0 Å². The molecule has 100 valence electrons. The van der Waals surface area contributed by atoms with Crippen LogP contribution in [0.15, 0.2) is 59.7 Å². The number of nitrogens with one attached hydrogen (secondary N) is 1. The molecule has 0 saturated carbocycles. The fourth-order valence-electron chi connectivity index (χ4n) is 1.98. The van der Waals surface area contributed by atoms with Crippen LogP contribution in [0.1, 0.15) is 5.56 Å². The first-order valence-corrected chi connectivity index (χ1v) is 6.28. The Morgan fingerprint density at radius 2 is 1.71 bits per heavy atom. The van der Waals surface area contributed by atoms with Gasteiger partial charge in [0, 0.05) is 29.6 Å².